The molecule has 2 heterocycles. The largest absolute Gasteiger partial charge is 0.319 e. The number of hydrogen-bond acceptors (Lipinski definition) is 3. The van der Waals surface area contributed by atoms with Crippen LogP contribution in [0, 0.1) is 5.92 Å². The van der Waals surface area contributed by atoms with Gasteiger partial charge < -0.3 is 4.57 Å². The molecule has 2 unspecified atom stereocenters. The first-order valence-corrected chi connectivity index (χ1v) is 9.32. The van der Waals surface area contributed by atoms with Crippen LogP contribution in [-0.2, 0) is 18.4 Å². The van der Waals surface area contributed by atoms with Crippen LogP contribution in [0.3, 0.4) is 0 Å². The van der Waals surface area contributed by atoms with Crippen LogP contribution >= 0.6 is 22.9 Å². The van der Waals surface area contributed by atoms with E-state index in [9.17, 15) is 4.79 Å². The molecule has 4 rings (SSSR count). The van der Waals surface area contributed by atoms with Gasteiger partial charge in [0, 0.05) is 35.8 Å². The van der Waals surface area contributed by atoms with Crippen molar-refractivity contribution in [2.75, 3.05) is 0 Å². The summed E-state index contributed by atoms with van der Waals surface area (Å²) in [6.45, 7) is 0.603. The number of nitrogens with zero attached hydrogens (tertiary/aromatic N) is 4. The number of carbonyl (C=O) groups is 1. The number of benzene rings is 1. The zero-order chi connectivity index (χ0) is 17.4. The Labute approximate surface area is 154 Å². The molecule has 1 saturated carbocycles. The van der Waals surface area contributed by atoms with Crippen molar-refractivity contribution in [3.8, 4) is 0 Å². The van der Waals surface area contributed by atoms with Crippen LogP contribution in [0.4, 0.5) is 0 Å². The lowest BCUT2D eigenvalue weighted by atomic mass is 10.2. The van der Waals surface area contributed by atoms with Gasteiger partial charge in [-0.15, -0.1) is 11.3 Å². The van der Waals surface area contributed by atoms with Crippen molar-refractivity contribution in [3.05, 3.63) is 69.2 Å². The van der Waals surface area contributed by atoms with Gasteiger partial charge >= 0.3 is 0 Å². The second-order valence-electron chi connectivity index (χ2n) is 6.25. The van der Waals surface area contributed by atoms with Crippen molar-refractivity contribution in [2.45, 2.75) is 18.9 Å². The molecule has 0 aliphatic heterocycles. The Morgan fingerprint density at radius 3 is 3.04 bits per heavy atom. The highest BCUT2D eigenvalue weighted by molar-refractivity contribution is 7.07. The Morgan fingerprint density at radius 1 is 1.44 bits per heavy atom. The van der Waals surface area contributed by atoms with Gasteiger partial charge in [-0.05, 0) is 29.5 Å². The molecule has 2 atom stereocenters. The average Bonchev–Trinajstić information content (AvgIpc) is 3.10. The van der Waals surface area contributed by atoms with Crippen molar-refractivity contribution >= 4 is 28.8 Å². The zero-order valence-electron chi connectivity index (χ0n) is 13.7. The molecule has 0 saturated heterocycles. The Kier molecular flexibility index (Phi) is 4.31. The third-order valence-corrected chi connectivity index (χ3v) is 5.59. The molecule has 1 aliphatic rings. The summed E-state index contributed by atoms with van der Waals surface area (Å²) < 4.78 is 3.73. The fourth-order valence-corrected chi connectivity index (χ4v) is 3.89. The van der Waals surface area contributed by atoms with E-state index in [1.54, 1.807) is 4.68 Å². The molecule has 0 radical (unpaired) electrons. The number of aryl methyl sites for hydroxylation is 1. The molecule has 2 aromatic heterocycles. The molecule has 0 N–H and O–H groups in total. The SMILES string of the molecule is Cn1cc(C2CC2C(=O)N=c2sccn2Cc2ccccc2Cl)cn1. The number of hydrogen-bond donors (Lipinski definition) is 0. The molecule has 0 bridgehead atoms. The first kappa shape index (κ1) is 16.3. The van der Waals surface area contributed by atoms with Crippen LogP contribution < -0.4 is 4.80 Å². The number of carbonyl (C=O) groups excluding carboxylic acids is 1. The zero-order valence-corrected chi connectivity index (χ0v) is 15.2. The van der Waals surface area contributed by atoms with Crippen LogP contribution in [0.15, 0.2) is 53.2 Å². The van der Waals surface area contributed by atoms with Gasteiger partial charge in [0.15, 0.2) is 4.80 Å². The number of rotatable bonds is 4. The van der Waals surface area contributed by atoms with E-state index in [4.69, 9.17) is 11.6 Å². The molecule has 3 aromatic rings. The van der Waals surface area contributed by atoms with Gasteiger partial charge in [0.2, 0.25) is 0 Å². The highest BCUT2D eigenvalue weighted by atomic mass is 35.5. The highest BCUT2D eigenvalue weighted by Crippen LogP contribution is 2.47. The van der Waals surface area contributed by atoms with Crippen molar-refractivity contribution in [1.82, 2.24) is 14.3 Å². The van der Waals surface area contributed by atoms with E-state index in [1.165, 1.54) is 11.3 Å². The summed E-state index contributed by atoms with van der Waals surface area (Å²) in [5.74, 6) is 0.172. The lowest BCUT2D eigenvalue weighted by molar-refractivity contribution is -0.119. The number of halogens is 1. The molecule has 5 nitrogen and oxygen atoms in total. The minimum absolute atomic E-state index is 0.0277. The third-order valence-electron chi connectivity index (χ3n) is 4.42. The predicted molar refractivity (Wildman–Crippen MR) is 97.5 cm³/mol. The maximum absolute atomic E-state index is 12.5. The van der Waals surface area contributed by atoms with Crippen molar-refractivity contribution < 1.29 is 4.79 Å². The van der Waals surface area contributed by atoms with Gasteiger partial charge in [0.1, 0.15) is 0 Å². The van der Waals surface area contributed by atoms with Gasteiger partial charge in [-0.1, -0.05) is 29.8 Å². The standard InChI is InChI=1S/C18H17ClN4OS/c1-22-10-13(9-20-22)14-8-15(14)17(24)21-18-23(6-7-25-18)11-12-4-2-3-5-16(12)19/h2-7,9-10,14-15H,8,11H2,1H3. The monoisotopic (exact) mass is 372 g/mol. The van der Waals surface area contributed by atoms with E-state index in [0.29, 0.717) is 11.3 Å². The molecule has 7 heteroatoms. The fourth-order valence-electron chi connectivity index (χ4n) is 2.96. The molecular weight excluding hydrogens is 356 g/mol. The summed E-state index contributed by atoms with van der Waals surface area (Å²) >= 11 is 7.70. The summed E-state index contributed by atoms with van der Waals surface area (Å²) in [6, 6.07) is 7.72. The van der Waals surface area contributed by atoms with E-state index < -0.39 is 0 Å². The fraction of sp³-hybridized carbons (Fsp3) is 0.278. The summed E-state index contributed by atoms with van der Waals surface area (Å²) in [5, 5.41) is 6.84. The summed E-state index contributed by atoms with van der Waals surface area (Å²) in [5.41, 5.74) is 2.13. The van der Waals surface area contributed by atoms with Crippen molar-refractivity contribution in [3.63, 3.8) is 0 Å². The van der Waals surface area contributed by atoms with Crippen molar-refractivity contribution in [2.24, 2.45) is 18.0 Å². The average molecular weight is 373 g/mol. The number of thiazole rings is 1. The van der Waals surface area contributed by atoms with Gasteiger partial charge in [0.25, 0.3) is 5.91 Å². The molecule has 128 valence electrons. The lowest BCUT2D eigenvalue weighted by Gasteiger charge is -2.05. The normalized spacial score (nSPS) is 20.0. The van der Waals surface area contributed by atoms with E-state index in [1.807, 2.05) is 59.9 Å². The van der Waals surface area contributed by atoms with Gasteiger partial charge in [-0.3, -0.25) is 9.48 Å². The van der Waals surface area contributed by atoms with Gasteiger partial charge in [-0.2, -0.15) is 10.1 Å². The van der Waals surface area contributed by atoms with Crippen LogP contribution in [0.5, 0.6) is 0 Å². The third kappa shape index (κ3) is 3.45. The maximum atomic E-state index is 12.5. The van der Waals surface area contributed by atoms with Crippen LogP contribution in [0.2, 0.25) is 5.02 Å². The van der Waals surface area contributed by atoms with Gasteiger partial charge in [-0.25, -0.2) is 0 Å². The Bertz CT molecular complexity index is 987. The summed E-state index contributed by atoms with van der Waals surface area (Å²) in [4.78, 5) is 17.6. The van der Waals surface area contributed by atoms with E-state index in [2.05, 4.69) is 10.1 Å². The Balaban J connectivity index is 1.52. The van der Waals surface area contributed by atoms with Crippen LogP contribution in [0.25, 0.3) is 0 Å². The Hall–Kier alpha value is -2.18. The topological polar surface area (TPSA) is 52.2 Å². The first-order chi connectivity index (χ1) is 12.1. The molecule has 1 aliphatic carbocycles. The van der Waals surface area contributed by atoms with E-state index >= 15 is 0 Å². The number of amides is 1. The molecular formula is C18H17ClN4OS. The number of aromatic nitrogens is 3. The Morgan fingerprint density at radius 2 is 2.28 bits per heavy atom. The van der Waals surface area contributed by atoms with Crippen molar-refractivity contribution in [1.29, 1.82) is 0 Å². The first-order valence-electron chi connectivity index (χ1n) is 8.06. The molecule has 1 aromatic carbocycles. The van der Waals surface area contributed by atoms with E-state index in [-0.39, 0.29) is 17.7 Å². The lowest BCUT2D eigenvalue weighted by Crippen LogP contribution is -2.17. The summed E-state index contributed by atoms with van der Waals surface area (Å²) in [6.07, 6.45) is 6.59. The summed E-state index contributed by atoms with van der Waals surface area (Å²) in [7, 11) is 1.89. The quantitative estimate of drug-likeness (QED) is 0.706. The van der Waals surface area contributed by atoms with Crippen LogP contribution in [0.1, 0.15) is 23.5 Å². The maximum Gasteiger partial charge on any atom is 0.252 e. The smallest absolute Gasteiger partial charge is 0.252 e. The highest BCUT2D eigenvalue weighted by Gasteiger charge is 2.44. The minimum atomic E-state index is -0.0517. The molecule has 0 spiro atoms. The minimum Gasteiger partial charge on any atom is -0.319 e. The second kappa shape index (κ2) is 6.61. The molecule has 1 amide bonds. The van der Waals surface area contributed by atoms with Gasteiger partial charge in [0.05, 0.1) is 12.7 Å². The predicted octanol–water partition coefficient (Wildman–Crippen LogP) is 3.22. The molecule has 25 heavy (non-hydrogen) atoms. The van der Waals surface area contributed by atoms with Crippen LogP contribution in [-0.4, -0.2) is 20.3 Å². The van der Waals surface area contributed by atoms with E-state index in [0.717, 1.165) is 22.6 Å². The molecule has 1 fully saturated rings. The second-order valence-corrected chi connectivity index (χ2v) is 7.53.